The fraction of sp³-hybridized carbons (Fsp3) is 0.0769. The van der Waals surface area contributed by atoms with E-state index in [9.17, 15) is 9.90 Å². The number of aromatic nitrogens is 1. The molecule has 1 aromatic carbocycles. The zero-order valence-electron chi connectivity index (χ0n) is 9.34. The summed E-state index contributed by atoms with van der Waals surface area (Å²) in [7, 11) is 0. The highest BCUT2D eigenvalue weighted by Crippen LogP contribution is 2.24. The minimum absolute atomic E-state index is 0.0713. The molecule has 1 N–H and O–H groups in total. The number of hydrogen-bond donors (Lipinski definition) is 1. The van der Waals surface area contributed by atoms with Crippen molar-refractivity contribution in [3.8, 4) is 5.75 Å². The number of carbonyl (C=O) groups excluding carboxylic acids is 1. The molecule has 0 fully saturated rings. The van der Waals surface area contributed by atoms with Gasteiger partial charge in [-0.2, -0.15) is 0 Å². The molecule has 0 bridgehead atoms. The number of aromatic hydroxyl groups is 1. The fourth-order valence-electron chi connectivity index (χ4n) is 1.34. The summed E-state index contributed by atoms with van der Waals surface area (Å²) in [5, 5.41) is 9.35. The molecule has 0 saturated carbocycles. The number of carbonyl (C=O) groups is 1. The Balaban J connectivity index is 2.02. The lowest BCUT2D eigenvalue weighted by atomic mass is 10.2. The molecule has 0 aliphatic rings. The van der Waals surface area contributed by atoms with Crippen molar-refractivity contribution >= 4 is 17.6 Å². The molecular formula is C13H10ClNO3. The Morgan fingerprint density at radius 1 is 1.33 bits per heavy atom. The van der Waals surface area contributed by atoms with Crippen LogP contribution in [-0.2, 0) is 11.3 Å². The Morgan fingerprint density at radius 2 is 2.17 bits per heavy atom. The number of esters is 1. The summed E-state index contributed by atoms with van der Waals surface area (Å²) in [5.74, 6) is -0.583. The lowest BCUT2D eigenvalue weighted by molar-refractivity contribution is 0.0468. The van der Waals surface area contributed by atoms with Gasteiger partial charge in [0, 0.05) is 6.20 Å². The summed E-state index contributed by atoms with van der Waals surface area (Å²) >= 11 is 5.70. The van der Waals surface area contributed by atoms with Crippen molar-refractivity contribution in [3.63, 3.8) is 0 Å². The molecule has 0 saturated heterocycles. The van der Waals surface area contributed by atoms with Crippen LogP contribution in [0.2, 0.25) is 5.02 Å². The van der Waals surface area contributed by atoms with Gasteiger partial charge in [0.1, 0.15) is 12.4 Å². The molecule has 0 atom stereocenters. The molecule has 0 aliphatic heterocycles. The van der Waals surface area contributed by atoms with Gasteiger partial charge in [0.25, 0.3) is 0 Å². The smallest absolute Gasteiger partial charge is 0.338 e. The van der Waals surface area contributed by atoms with Gasteiger partial charge in [0.15, 0.2) is 0 Å². The van der Waals surface area contributed by atoms with Gasteiger partial charge in [-0.05, 0) is 30.3 Å². The molecule has 0 radical (unpaired) electrons. The maximum atomic E-state index is 11.7. The molecule has 1 aromatic heterocycles. The number of phenolic OH excluding ortho intramolecular Hbond substituents is 1. The number of halogens is 1. The number of phenols is 1. The highest BCUT2D eigenvalue weighted by Gasteiger charge is 2.10. The van der Waals surface area contributed by atoms with Gasteiger partial charge in [-0.3, -0.25) is 4.98 Å². The fourth-order valence-corrected chi connectivity index (χ4v) is 1.52. The average molecular weight is 264 g/mol. The van der Waals surface area contributed by atoms with E-state index in [4.69, 9.17) is 16.3 Å². The Hall–Kier alpha value is -2.07. The van der Waals surface area contributed by atoms with Crippen LogP contribution in [0.15, 0.2) is 42.6 Å². The quantitative estimate of drug-likeness (QED) is 0.865. The largest absolute Gasteiger partial charge is 0.506 e. The summed E-state index contributed by atoms with van der Waals surface area (Å²) < 4.78 is 5.07. The summed E-state index contributed by atoms with van der Waals surface area (Å²) in [6.07, 6.45) is 1.63. The molecule has 0 aliphatic carbocycles. The van der Waals surface area contributed by atoms with Crippen LogP contribution in [0.5, 0.6) is 5.75 Å². The summed E-state index contributed by atoms with van der Waals surface area (Å²) in [4.78, 5) is 15.7. The first kappa shape index (κ1) is 12.4. The molecule has 5 heteroatoms. The summed E-state index contributed by atoms with van der Waals surface area (Å²) in [6.45, 7) is 0.0954. The first-order valence-corrected chi connectivity index (χ1v) is 5.60. The van der Waals surface area contributed by atoms with Crippen molar-refractivity contribution in [1.82, 2.24) is 4.98 Å². The Kier molecular flexibility index (Phi) is 3.79. The first-order chi connectivity index (χ1) is 8.66. The second-order valence-corrected chi connectivity index (χ2v) is 3.97. The normalized spacial score (nSPS) is 10.1. The van der Waals surface area contributed by atoms with Crippen molar-refractivity contribution in [2.75, 3.05) is 0 Å². The van der Waals surface area contributed by atoms with E-state index in [1.54, 1.807) is 18.3 Å². The Bertz CT molecular complexity index is 557. The van der Waals surface area contributed by atoms with Crippen molar-refractivity contribution in [2.24, 2.45) is 0 Å². The molecule has 18 heavy (non-hydrogen) atoms. The van der Waals surface area contributed by atoms with Crippen molar-refractivity contribution in [1.29, 1.82) is 0 Å². The molecule has 4 nitrogen and oxygen atoms in total. The van der Waals surface area contributed by atoms with Gasteiger partial charge in [-0.25, -0.2) is 4.79 Å². The molecule has 0 amide bonds. The van der Waals surface area contributed by atoms with Crippen LogP contribution >= 0.6 is 11.6 Å². The lowest BCUT2D eigenvalue weighted by Crippen LogP contribution is -2.05. The van der Waals surface area contributed by atoms with Crippen LogP contribution < -0.4 is 0 Å². The highest BCUT2D eigenvalue weighted by molar-refractivity contribution is 6.32. The minimum Gasteiger partial charge on any atom is -0.506 e. The Morgan fingerprint density at radius 3 is 2.83 bits per heavy atom. The maximum absolute atomic E-state index is 11.7. The number of ether oxygens (including phenoxy) is 1. The van der Waals surface area contributed by atoms with Crippen molar-refractivity contribution in [3.05, 3.63) is 58.9 Å². The van der Waals surface area contributed by atoms with E-state index in [2.05, 4.69) is 4.98 Å². The molecule has 0 spiro atoms. The third-order valence-corrected chi connectivity index (χ3v) is 2.56. The van der Waals surface area contributed by atoms with Crippen molar-refractivity contribution < 1.29 is 14.6 Å². The van der Waals surface area contributed by atoms with E-state index in [0.29, 0.717) is 5.69 Å². The third kappa shape index (κ3) is 2.99. The van der Waals surface area contributed by atoms with Gasteiger partial charge < -0.3 is 9.84 Å². The van der Waals surface area contributed by atoms with E-state index >= 15 is 0 Å². The number of pyridine rings is 1. The number of nitrogens with zero attached hydrogens (tertiary/aromatic N) is 1. The zero-order valence-corrected chi connectivity index (χ0v) is 10.1. The SMILES string of the molecule is O=C(OCc1ccccn1)c1ccc(O)c(Cl)c1. The first-order valence-electron chi connectivity index (χ1n) is 5.22. The van der Waals surface area contributed by atoms with E-state index in [1.807, 2.05) is 6.07 Å². The molecule has 1 heterocycles. The topological polar surface area (TPSA) is 59.4 Å². The second-order valence-electron chi connectivity index (χ2n) is 3.56. The average Bonchev–Trinajstić information content (AvgIpc) is 2.40. The van der Waals surface area contributed by atoms with Gasteiger partial charge in [-0.1, -0.05) is 17.7 Å². The van der Waals surface area contributed by atoms with Gasteiger partial charge in [-0.15, -0.1) is 0 Å². The summed E-state index contributed by atoms with van der Waals surface area (Å²) in [6, 6.07) is 9.51. The molecule has 0 unspecified atom stereocenters. The molecule has 2 aromatic rings. The van der Waals surface area contributed by atoms with Gasteiger partial charge in [0.05, 0.1) is 16.3 Å². The minimum atomic E-state index is -0.512. The van der Waals surface area contributed by atoms with E-state index < -0.39 is 5.97 Å². The predicted octanol–water partition coefficient (Wildman–Crippen LogP) is 2.80. The number of rotatable bonds is 3. The molecular weight excluding hydrogens is 254 g/mol. The van der Waals surface area contributed by atoms with Gasteiger partial charge >= 0.3 is 5.97 Å². The van der Waals surface area contributed by atoms with E-state index in [1.165, 1.54) is 18.2 Å². The van der Waals surface area contributed by atoms with Crippen LogP contribution in [0.3, 0.4) is 0 Å². The van der Waals surface area contributed by atoms with Crippen LogP contribution in [0, 0.1) is 0 Å². The van der Waals surface area contributed by atoms with E-state index in [0.717, 1.165) is 0 Å². The van der Waals surface area contributed by atoms with Crippen LogP contribution in [0.1, 0.15) is 16.1 Å². The van der Waals surface area contributed by atoms with Crippen LogP contribution in [0.4, 0.5) is 0 Å². The monoisotopic (exact) mass is 263 g/mol. The van der Waals surface area contributed by atoms with Gasteiger partial charge in [0.2, 0.25) is 0 Å². The van der Waals surface area contributed by atoms with Crippen LogP contribution in [0.25, 0.3) is 0 Å². The predicted molar refractivity (Wildman–Crippen MR) is 66.5 cm³/mol. The second kappa shape index (κ2) is 5.51. The number of hydrogen-bond acceptors (Lipinski definition) is 4. The van der Waals surface area contributed by atoms with Crippen molar-refractivity contribution in [2.45, 2.75) is 6.61 Å². The highest BCUT2D eigenvalue weighted by atomic mass is 35.5. The van der Waals surface area contributed by atoms with E-state index in [-0.39, 0.29) is 22.9 Å². The standard InChI is InChI=1S/C13H10ClNO3/c14-11-7-9(4-5-12(11)16)13(17)18-8-10-3-1-2-6-15-10/h1-7,16H,8H2. The Labute approximate surface area is 109 Å². The molecule has 2 rings (SSSR count). The maximum Gasteiger partial charge on any atom is 0.338 e. The zero-order chi connectivity index (χ0) is 13.0. The lowest BCUT2D eigenvalue weighted by Gasteiger charge is -2.05. The summed E-state index contributed by atoms with van der Waals surface area (Å²) in [5.41, 5.74) is 0.949. The molecule has 92 valence electrons. The van der Waals surface area contributed by atoms with Crippen LogP contribution in [-0.4, -0.2) is 16.1 Å². The third-order valence-electron chi connectivity index (χ3n) is 2.26. The number of benzene rings is 1.